The molecular formula is C18H18N4O3. The van der Waals surface area contributed by atoms with Gasteiger partial charge in [0.25, 0.3) is 11.8 Å². The highest BCUT2D eigenvalue weighted by Gasteiger charge is 2.13. The van der Waals surface area contributed by atoms with Gasteiger partial charge in [0.05, 0.1) is 18.5 Å². The number of carbonyl (C=O) groups excluding carboxylic acids is 2. The standard InChI is InChI=1S/C18H18N4O3/c1-12-5-6-13(17(23)19-11-14-7-8-20-22(14)2)10-15(12)21-18(24)16-4-3-9-25-16/h3-10H,11H2,1-2H3,(H,19,23)(H,21,24). The van der Waals surface area contributed by atoms with Crippen LogP contribution in [0, 0.1) is 6.92 Å². The van der Waals surface area contributed by atoms with E-state index in [4.69, 9.17) is 4.42 Å². The van der Waals surface area contributed by atoms with E-state index < -0.39 is 0 Å². The molecule has 3 aromatic rings. The van der Waals surface area contributed by atoms with Gasteiger partial charge in [-0.2, -0.15) is 5.10 Å². The van der Waals surface area contributed by atoms with Crippen LogP contribution in [-0.4, -0.2) is 21.6 Å². The van der Waals surface area contributed by atoms with Crippen molar-refractivity contribution < 1.29 is 14.0 Å². The van der Waals surface area contributed by atoms with Crippen LogP contribution in [0.1, 0.15) is 32.2 Å². The summed E-state index contributed by atoms with van der Waals surface area (Å²) < 4.78 is 6.78. The van der Waals surface area contributed by atoms with E-state index in [-0.39, 0.29) is 17.6 Å². The lowest BCUT2D eigenvalue weighted by Gasteiger charge is -2.10. The van der Waals surface area contributed by atoms with E-state index in [0.717, 1.165) is 11.3 Å². The maximum Gasteiger partial charge on any atom is 0.291 e. The number of rotatable bonds is 5. The number of furan rings is 1. The molecule has 3 rings (SSSR count). The van der Waals surface area contributed by atoms with Crippen molar-refractivity contribution in [3.8, 4) is 0 Å². The van der Waals surface area contributed by atoms with Crippen molar-refractivity contribution in [1.82, 2.24) is 15.1 Å². The first-order valence-corrected chi connectivity index (χ1v) is 7.75. The maximum atomic E-state index is 12.4. The molecule has 2 heterocycles. The van der Waals surface area contributed by atoms with Crippen LogP contribution >= 0.6 is 0 Å². The summed E-state index contributed by atoms with van der Waals surface area (Å²) in [4.78, 5) is 24.5. The van der Waals surface area contributed by atoms with Gasteiger partial charge in [0.2, 0.25) is 0 Å². The van der Waals surface area contributed by atoms with E-state index in [0.29, 0.717) is 17.8 Å². The van der Waals surface area contributed by atoms with Crippen molar-refractivity contribution >= 4 is 17.5 Å². The van der Waals surface area contributed by atoms with Gasteiger partial charge in [0, 0.05) is 24.5 Å². The molecule has 0 aliphatic heterocycles. The van der Waals surface area contributed by atoms with Crippen molar-refractivity contribution in [3.05, 3.63) is 71.4 Å². The normalized spacial score (nSPS) is 10.5. The molecule has 7 heteroatoms. The molecule has 128 valence electrons. The lowest BCUT2D eigenvalue weighted by atomic mass is 10.1. The van der Waals surface area contributed by atoms with Crippen LogP contribution in [0.3, 0.4) is 0 Å². The molecule has 0 bridgehead atoms. The Bertz CT molecular complexity index is 897. The quantitative estimate of drug-likeness (QED) is 0.748. The number of aromatic nitrogens is 2. The summed E-state index contributed by atoms with van der Waals surface area (Å²) in [7, 11) is 1.82. The third-order valence-corrected chi connectivity index (χ3v) is 3.85. The zero-order valence-electron chi connectivity index (χ0n) is 13.9. The van der Waals surface area contributed by atoms with Gasteiger partial charge in [-0.25, -0.2) is 0 Å². The minimum absolute atomic E-state index is 0.213. The number of hydrogen-bond acceptors (Lipinski definition) is 4. The third kappa shape index (κ3) is 3.77. The number of nitrogens with zero attached hydrogens (tertiary/aromatic N) is 2. The molecule has 0 spiro atoms. The lowest BCUT2D eigenvalue weighted by molar-refractivity contribution is 0.0948. The number of hydrogen-bond donors (Lipinski definition) is 2. The molecule has 2 amide bonds. The highest BCUT2D eigenvalue weighted by Crippen LogP contribution is 2.18. The van der Waals surface area contributed by atoms with Gasteiger partial charge >= 0.3 is 0 Å². The van der Waals surface area contributed by atoms with Gasteiger partial charge in [0.1, 0.15) is 0 Å². The first kappa shape index (κ1) is 16.5. The summed E-state index contributed by atoms with van der Waals surface area (Å²) in [6.45, 7) is 2.23. The fraction of sp³-hybridized carbons (Fsp3) is 0.167. The van der Waals surface area contributed by atoms with Gasteiger partial charge in [-0.3, -0.25) is 14.3 Å². The van der Waals surface area contributed by atoms with Crippen LogP contribution in [0.2, 0.25) is 0 Å². The molecule has 0 atom stereocenters. The van der Waals surface area contributed by atoms with Crippen molar-refractivity contribution in [3.63, 3.8) is 0 Å². The number of amides is 2. The van der Waals surface area contributed by atoms with Gasteiger partial charge in [-0.1, -0.05) is 6.07 Å². The predicted molar refractivity (Wildman–Crippen MR) is 92.2 cm³/mol. The molecule has 0 fully saturated rings. The molecule has 2 aromatic heterocycles. The first-order chi connectivity index (χ1) is 12.0. The Balaban J connectivity index is 1.71. The number of aryl methyl sites for hydroxylation is 2. The third-order valence-electron chi connectivity index (χ3n) is 3.85. The smallest absolute Gasteiger partial charge is 0.291 e. The Morgan fingerprint density at radius 1 is 1.20 bits per heavy atom. The highest BCUT2D eigenvalue weighted by molar-refractivity contribution is 6.03. The lowest BCUT2D eigenvalue weighted by Crippen LogP contribution is -2.24. The highest BCUT2D eigenvalue weighted by atomic mass is 16.3. The molecule has 7 nitrogen and oxygen atoms in total. The first-order valence-electron chi connectivity index (χ1n) is 7.75. The average Bonchev–Trinajstić information content (AvgIpc) is 3.26. The zero-order chi connectivity index (χ0) is 17.8. The zero-order valence-corrected chi connectivity index (χ0v) is 13.9. The van der Waals surface area contributed by atoms with E-state index in [2.05, 4.69) is 15.7 Å². The SMILES string of the molecule is Cc1ccc(C(=O)NCc2ccnn2C)cc1NC(=O)c1ccco1. The van der Waals surface area contributed by atoms with E-state index >= 15 is 0 Å². The molecule has 0 aliphatic carbocycles. The van der Waals surface area contributed by atoms with Crippen LogP contribution in [0.25, 0.3) is 0 Å². The molecule has 1 aromatic carbocycles. The Kier molecular flexibility index (Phi) is 4.65. The van der Waals surface area contributed by atoms with Crippen LogP contribution in [-0.2, 0) is 13.6 Å². The predicted octanol–water partition coefficient (Wildman–Crippen LogP) is 2.50. The summed E-state index contributed by atoms with van der Waals surface area (Å²) in [6.07, 6.45) is 3.11. The van der Waals surface area contributed by atoms with Gasteiger partial charge in [-0.05, 0) is 42.8 Å². The van der Waals surface area contributed by atoms with E-state index in [1.165, 1.54) is 6.26 Å². The van der Waals surface area contributed by atoms with Crippen LogP contribution in [0.5, 0.6) is 0 Å². The Labute approximate surface area is 144 Å². The average molecular weight is 338 g/mol. The summed E-state index contributed by atoms with van der Waals surface area (Å²) in [6, 6.07) is 10.2. The van der Waals surface area contributed by atoms with Crippen molar-refractivity contribution in [1.29, 1.82) is 0 Å². The Morgan fingerprint density at radius 3 is 2.72 bits per heavy atom. The summed E-state index contributed by atoms with van der Waals surface area (Å²) in [5, 5.41) is 9.66. The number of anilines is 1. The molecule has 0 aliphatic rings. The number of benzene rings is 1. The monoisotopic (exact) mass is 338 g/mol. The summed E-state index contributed by atoms with van der Waals surface area (Å²) in [5.74, 6) is -0.374. The fourth-order valence-corrected chi connectivity index (χ4v) is 2.34. The van der Waals surface area contributed by atoms with Gasteiger partial charge in [-0.15, -0.1) is 0 Å². The van der Waals surface area contributed by atoms with E-state index in [9.17, 15) is 9.59 Å². The van der Waals surface area contributed by atoms with Crippen LogP contribution in [0.4, 0.5) is 5.69 Å². The van der Waals surface area contributed by atoms with Crippen molar-refractivity contribution in [2.24, 2.45) is 7.05 Å². The number of nitrogens with one attached hydrogen (secondary N) is 2. The Hall–Kier alpha value is -3.35. The van der Waals surface area contributed by atoms with E-state index in [1.54, 1.807) is 41.2 Å². The molecule has 0 radical (unpaired) electrons. The molecule has 2 N–H and O–H groups in total. The second kappa shape index (κ2) is 7.04. The molecule has 0 saturated carbocycles. The summed E-state index contributed by atoms with van der Waals surface area (Å²) in [5.41, 5.74) is 2.77. The largest absolute Gasteiger partial charge is 0.459 e. The second-order valence-corrected chi connectivity index (χ2v) is 5.59. The summed E-state index contributed by atoms with van der Waals surface area (Å²) >= 11 is 0. The van der Waals surface area contributed by atoms with Crippen LogP contribution < -0.4 is 10.6 Å². The van der Waals surface area contributed by atoms with Crippen molar-refractivity contribution in [2.45, 2.75) is 13.5 Å². The number of carbonyl (C=O) groups is 2. The molecule has 0 unspecified atom stereocenters. The molecular weight excluding hydrogens is 320 g/mol. The topological polar surface area (TPSA) is 89.2 Å². The van der Waals surface area contributed by atoms with E-state index in [1.807, 2.05) is 20.0 Å². The second-order valence-electron chi connectivity index (χ2n) is 5.59. The van der Waals surface area contributed by atoms with Crippen LogP contribution in [0.15, 0.2) is 53.3 Å². The minimum Gasteiger partial charge on any atom is -0.459 e. The maximum absolute atomic E-state index is 12.4. The molecule has 25 heavy (non-hydrogen) atoms. The van der Waals surface area contributed by atoms with Gasteiger partial charge in [0.15, 0.2) is 5.76 Å². The Morgan fingerprint density at radius 2 is 2.04 bits per heavy atom. The van der Waals surface area contributed by atoms with Gasteiger partial charge < -0.3 is 15.1 Å². The minimum atomic E-state index is -0.361. The van der Waals surface area contributed by atoms with Crippen molar-refractivity contribution in [2.75, 3.05) is 5.32 Å². The fourth-order valence-electron chi connectivity index (χ4n) is 2.34. The molecule has 0 saturated heterocycles.